The van der Waals surface area contributed by atoms with E-state index in [1.165, 1.54) is 9.40 Å². The van der Waals surface area contributed by atoms with E-state index in [1.54, 1.807) is 22.7 Å². The van der Waals surface area contributed by atoms with Crippen LogP contribution in [0, 0.1) is 0 Å². The van der Waals surface area contributed by atoms with E-state index < -0.39 is 0 Å². The summed E-state index contributed by atoms with van der Waals surface area (Å²) in [5.41, 5.74) is 0. The topological polar surface area (TPSA) is 29.1 Å². The van der Waals surface area contributed by atoms with Crippen LogP contribution >= 0.6 is 34.3 Å². The second-order valence-corrected chi connectivity index (χ2v) is 6.53. The lowest BCUT2D eigenvalue weighted by molar-refractivity contribution is 0.0957. The molecule has 0 aliphatic rings. The van der Waals surface area contributed by atoms with Crippen LogP contribution in [0.5, 0.6) is 0 Å². The van der Waals surface area contributed by atoms with E-state index in [2.05, 4.69) is 16.8 Å². The number of rotatable bonds is 7. The summed E-state index contributed by atoms with van der Waals surface area (Å²) in [6, 6.07) is 4.04. The van der Waals surface area contributed by atoms with E-state index in [0.29, 0.717) is 0 Å². The van der Waals surface area contributed by atoms with Crippen molar-refractivity contribution < 1.29 is 4.79 Å². The Morgan fingerprint density at radius 1 is 1.22 bits per heavy atom. The summed E-state index contributed by atoms with van der Waals surface area (Å²) in [6.07, 6.45) is 4.37. The number of carbonyl (C=O) groups is 1. The summed E-state index contributed by atoms with van der Waals surface area (Å²) in [6.45, 7) is 0.757. The third-order valence-electron chi connectivity index (χ3n) is 2.71. The van der Waals surface area contributed by atoms with Crippen molar-refractivity contribution in [2.75, 3.05) is 12.4 Å². The molecule has 0 aliphatic heterocycles. The zero-order chi connectivity index (χ0) is 12.8. The average molecular weight is 302 g/mol. The molecule has 0 atom stereocenters. The molecule has 0 unspecified atom stereocenters. The number of carbonyl (C=O) groups excluding carboxylic acids is 1. The Hall–Kier alpha value is -0.580. The number of fused-ring (bicyclic) bond motifs is 1. The molecule has 5 heteroatoms. The fraction of sp³-hybridized carbons (Fsp3) is 0.462. The molecule has 0 aromatic carbocycles. The van der Waals surface area contributed by atoms with Gasteiger partial charge in [-0.25, -0.2) is 0 Å². The van der Waals surface area contributed by atoms with Crippen molar-refractivity contribution in [3.63, 3.8) is 0 Å². The van der Waals surface area contributed by atoms with Gasteiger partial charge >= 0.3 is 0 Å². The molecular weight excluding hydrogens is 286 g/mol. The van der Waals surface area contributed by atoms with E-state index >= 15 is 0 Å². The minimum Gasteiger partial charge on any atom is -0.351 e. The molecule has 18 heavy (non-hydrogen) atoms. The lowest BCUT2D eigenvalue weighted by atomic mass is 10.2. The number of alkyl halides is 1. The van der Waals surface area contributed by atoms with Crippen LogP contribution in [0.15, 0.2) is 17.5 Å². The molecule has 1 N–H and O–H groups in total. The lowest BCUT2D eigenvalue weighted by Crippen LogP contribution is -2.23. The third kappa shape index (κ3) is 3.70. The Balaban J connectivity index is 1.73. The maximum Gasteiger partial charge on any atom is 0.261 e. The number of amides is 1. The number of unbranched alkanes of at least 4 members (excludes halogenated alkanes) is 3. The zero-order valence-corrected chi connectivity index (χ0v) is 12.5. The van der Waals surface area contributed by atoms with Gasteiger partial charge in [-0.15, -0.1) is 34.3 Å². The van der Waals surface area contributed by atoms with Crippen molar-refractivity contribution in [2.45, 2.75) is 25.7 Å². The van der Waals surface area contributed by atoms with Crippen LogP contribution in [0.2, 0.25) is 0 Å². The molecule has 2 heterocycles. The Kier molecular flexibility index (Phi) is 5.47. The molecule has 1 amide bonds. The normalized spacial score (nSPS) is 10.9. The minimum atomic E-state index is 0.0562. The second kappa shape index (κ2) is 7.12. The summed E-state index contributed by atoms with van der Waals surface area (Å²) in [5, 5.41) is 5.03. The lowest BCUT2D eigenvalue weighted by Gasteiger charge is -2.02. The highest BCUT2D eigenvalue weighted by Gasteiger charge is 2.09. The number of hydrogen-bond acceptors (Lipinski definition) is 3. The zero-order valence-electron chi connectivity index (χ0n) is 10.1. The van der Waals surface area contributed by atoms with Crippen LogP contribution in [-0.2, 0) is 0 Å². The van der Waals surface area contributed by atoms with Gasteiger partial charge in [-0.05, 0) is 30.4 Å². The second-order valence-electron chi connectivity index (χ2n) is 4.12. The minimum absolute atomic E-state index is 0.0562. The molecule has 0 bridgehead atoms. The van der Waals surface area contributed by atoms with Crippen LogP contribution in [0.4, 0.5) is 0 Å². The largest absolute Gasteiger partial charge is 0.351 e. The van der Waals surface area contributed by atoms with Gasteiger partial charge in [0.25, 0.3) is 5.91 Å². The Morgan fingerprint density at radius 2 is 2.06 bits per heavy atom. The number of hydrogen-bond donors (Lipinski definition) is 1. The van der Waals surface area contributed by atoms with Crippen LogP contribution in [0.1, 0.15) is 35.4 Å². The summed E-state index contributed by atoms with van der Waals surface area (Å²) < 4.78 is 2.40. The van der Waals surface area contributed by atoms with E-state index in [9.17, 15) is 4.79 Å². The molecular formula is C13H16ClNOS2. The highest BCUT2D eigenvalue weighted by atomic mass is 35.5. The average Bonchev–Trinajstić information content (AvgIpc) is 2.93. The van der Waals surface area contributed by atoms with Crippen molar-refractivity contribution in [2.24, 2.45) is 0 Å². The van der Waals surface area contributed by atoms with Gasteiger partial charge in [-0.2, -0.15) is 0 Å². The van der Waals surface area contributed by atoms with E-state index in [1.807, 2.05) is 6.07 Å². The van der Waals surface area contributed by atoms with Crippen LogP contribution < -0.4 is 5.32 Å². The number of thiophene rings is 2. The molecule has 0 saturated heterocycles. The third-order valence-corrected chi connectivity index (χ3v) is 5.07. The summed E-state index contributed by atoms with van der Waals surface area (Å²) in [7, 11) is 0. The molecule has 98 valence electrons. The van der Waals surface area contributed by atoms with E-state index in [0.717, 1.165) is 43.0 Å². The molecule has 0 fully saturated rings. The fourth-order valence-electron chi connectivity index (χ4n) is 1.74. The number of halogens is 1. The summed E-state index contributed by atoms with van der Waals surface area (Å²) >= 11 is 8.85. The summed E-state index contributed by atoms with van der Waals surface area (Å²) in [4.78, 5) is 12.7. The SMILES string of the molecule is O=C(NCCCCCCCl)c1cc2sccc2s1. The van der Waals surface area contributed by atoms with Gasteiger partial charge in [0.05, 0.1) is 4.88 Å². The van der Waals surface area contributed by atoms with Gasteiger partial charge in [-0.3, -0.25) is 4.79 Å². The van der Waals surface area contributed by atoms with Crippen molar-refractivity contribution in [3.05, 3.63) is 22.4 Å². The van der Waals surface area contributed by atoms with Gasteiger partial charge < -0.3 is 5.32 Å². The molecule has 0 radical (unpaired) electrons. The standard InChI is InChI=1S/C13H16ClNOS2/c14-6-3-1-2-4-7-15-13(16)12-9-11-10(18-12)5-8-17-11/h5,8-9H,1-4,6-7H2,(H,15,16). The molecule has 2 nitrogen and oxygen atoms in total. The quantitative estimate of drug-likeness (QED) is 0.592. The van der Waals surface area contributed by atoms with Gasteiger partial charge in [0.2, 0.25) is 0 Å². The first kappa shape index (κ1) is 13.8. The van der Waals surface area contributed by atoms with E-state index in [4.69, 9.17) is 11.6 Å². The molecule has 2 aromatic heterocycles. The van der Waals surface area contributed by atoms with Gasteiger partial charge in [-0.1, -0.05) is 12.8 Å². The van der Waals surface area contributed by atoms with Crippen molar-refractivity contribution in [1.29, 1.82) is 0 Å². The predicted octanol–water partition coefficient (Wildman–Crippen LogP) is 4.49. The molecule has 0 saturated carbocycles. The Morgan fingerprint density at radius 3 is 2.83 bits per heavy atom. The highest BCUT2D eigenvalue weighted by molar-refractivity contribution is 7.27. The molecule has 2 aromatic rings. The van der Waals surface area contributed by atoms with E-state index in [-0.39, 0.29) is 5.91 Å². The Bertz CT molecular complexity index is 477. The predicted molar refractivity (Wildman–Crippen MR) is 81.2 cm³/mol. The van der Waals surface area contributed by atoms with Crippen LogP contribution in [-0.4, -0.2) is 18.3 Å². The smallest absolute Gasteiger partial charge is 0.261 e. The maximum absolute atomic E-state index is 11.9. The molecule has 2 rings (SSSR count). The van der Waals surface area contributed by atoms with Crippen molar-refractivity contribution in [1.82, 2.24) is 5.32 Å². The fourth-order valence-corrected chi connectivity index (χ4v) is 3.95. The van der Waals surface area contributed by atoms with Crippen LogP contribution in [0.3, 0.4) is 0 Å². The van der Waals surface area contributed by atoms with Gasteiger partial charge in [0, 0.05) is 21.8 Å². The monoisotopic (exact) mass is 301 g/mol. The van der Waals surface area contributed by atoms with Crippen molar-refractivity contribution >= 4 is 49.6 Å². The first-order valence-electron chi connectivity index (χ1n) is 6.12. The first-order chi connectivity index (χ1) is 8.81. The molecule has 0 spiro atoms. The first-order valence-corrected chi connectivity index (χ1v) is 8.35. The van der Waals surface area contributed by atoms with Gasteiger partial charge in [0.15, 0.2) is 0 Å². The molecule has 0 aliphatic carbocycles. The number of nitrogens with one attached hydrogen (secondary N) is 1. The highest BCUT2D eigenvalue weighted by Crippen LogP contribution is 2.29. The Labute approximate surface area is 120 Å². The maximum atomic E-state index is 11.9. The van der Waals surface area contributed by atoms with Crippen LogP contribution in [0.25, 0.3) is 9.40 Å². The van der Waals surface area contributed by atoms with Crippen molar-refractivity contribution in [3.8, 4) is 0 Å². The van der Waals surface area contributed by atoms with Gasteiger partial charge in [0.1, 0.15) is 0 Å². The summed E-state index contributed by atoms with van der Waals surface area (Å²) in [5.74, 6) is 0.791.